The van der Waals surface area contributed by atoms with Gasteiger partial charge in [0.1, 0.15) is 0 Å². The van der Waals surface area contributed by atoms with Crippen LogP contribution in [-0.2, 0) is 9.47 Å². The molecule has 1 amide bonds. The Kier molecular flexibility index (Phi) is 5.42. The maximum Gasteiger partial charge on any atom is 0.290 e. The molecule has 0 bridgehead atoms. The van der Waals surface area contributed by atoms with Gasteiger partial charge in [-0.15, -0.1) is 0 Å². The van der Waals surface area contributed by atoms with E-state index in [2.05, 4.69) is 13.8 Å². The summed E-state index contributed by atoms with van der Waals surface area (Å²) >= 11 is 0. The van der Waals surface area contributed by atoms with E-state index >= 15 is 0 Å². The van der Waals surface area contributed by atoms with Crippen molar-refractivity contribution in [1.29, 1.82) is 0 Å². The molecular weight excluding hydrogens is 270 g/mol. The van der Waals surface area contributed by atoms with Gasteiger partial charge in [0.25, 0.3) is 5.91 Å². The molecule has 0 N–H and O–H groups in total. The fraction of sp³-hybridized carbons (Fsp3) is 0.688. The Balaban J connectivity index is 2.23. The number of hydrogen-bond acceptors (Lipinski definition) is 4. The Bertz CT molecular complexity index is 469. The SMILES string of the molecule is COCCN(C(=O)c1occc1C(C)C)[C@H]1CCO[C@@H]1C. The Morgan fingerprint density at radius 2 is 2.29 bits per heavy atom. The van der Waals surface area contributed by atoms with Crippen molar-refractivity contribution in [3.05, 3.63) is 23.7 Å². The second-order valence-electron chi connectivity index (χ2n) is 5.78. The third-order valence-electron chi connectivity index (χ3n) is 4.05. The third-order valence-corrected chi connectivity index (χ3v) is 4.05. The molecule has 118 valence electrons. The molecule has 21 heavy (non-hydrogen) atoms. The Morgan fingerprint density at radius 1 is 1.52 bits per heavy atom. The summed E-state index contributed by atoms with van der Waals surface area (Å²) in [6.45, 7) is 7.87. The number of furan rings is 1. The van der Waals surface area contributed by atoms with Gasteiger partial charge in [-0.05, 0) is 25.3 Å². The lowest BCUT2D eigenvalue weighted by Crippen LogP contribution is -2.45. The van der Waals surface area contributed by atoms with Gasteiger partial charge in [-0.2, -0.15) is 0 Å². The molecule has 1 aliphatic heterocycles. The van der Waals surface area contributed by atoms with Crippen molar-refractivity contribution in [3.8, 4) is 0 Å². The molecule has 0 radical (unpaired) electrons. The molecule has 2 rings (SSSR count). The lowest BCUT2D eigenvalue weighted by atomic mass is 10.0. The van der Waals surface area contributed by atoms with Gasteiger partial charge in [0.2, 0.25) is 0 Å². The average Bonchev–Trinajstić information content (AvgIpc) is 3.08. The van der Waals surface area contributed by atoms with Crippen LogP contribution in [0.3, 0.4) is 0 Å². The molecule has 5 nitrogen and oxygen atoms in total. The van der Waals surface area contributed by atoms with Crippen LogP contribution < -0.4 is 0 Å². The van der Waals surface area contributed by atoms with Gasteiger partial charge in [0.15, 0.2) is 5.76 Å². The van der Waals surface area contributed by atoms with Crippen LogP contribution in [0, 0.1) is 0 Å². The van der Waals surface area contributed by atoms with Crippen molar-refractivity contribution in [2.45, 2.75) is 45.3 Å². The van der Waals surface area contributed by atoms with E-state index in [0.29, 0.717) is 25.5 Å². The van der Waals surface area contributed by atoms with Gasteiger partial charge in [0, 0.05) is 25.8 Å². The summed E-state index contributed by atoms with van der Waals surface area (Å²) in [6, 6.07) is 1.96. The molecule has 1 aromatic rings. The first-order valence-corrected chi connectivity index (χ1v) is 7.55. The molecule has 0 saturated carbocycles. The zero-order valence-electron chi connectivity index (χ0n) is 13.3. The number of nitrogens with zero attached hydrogens (tertiary/aromatic N) is 1. The van der Waals surface area contributed by atoms with Crippen molar-refractivity contribution >= 4 is 5.91 Å². The minimum absolute atomic E-state index is 0.0447. The van der Waals surface area contributed by atoms with Gasteiger partial charge >= 0.3 is 0 Å². The molecule has 2 heterocycles. The lowest BCUT2D eigenvalue weighted by Gasteiger charge is -2.30. The van der Waals surface area contributed by atoms with Crippen molar-refractivity contribution < 1.29 is 18.7 Å². The van der Waals surface area contributed by atoms with E-state index in [1.165, 1.54) is 0 Å². The molecule has 5 heteroatoms. The summed E-state index contributed by atoms with van der Waals surface area (Å²) in [6.07, 6.45) is 2.49. The maximum absolute atomic E-state index is 12.9. The highest BCUT2D eigenvalue weighted by atomic mass is 16.5. The molecule has 1 aromatic heterocycles. The Morgan fingerprint density at radius 3 is 2.86 bits per heavy atom. The first-order valence-electron chi connectivity index (χ1n) is 7.55. The van der Waals surface area contributed by atoms with Crippen molar-refractivity contribution in [2.24, 2.45) is 0 Å². The van der Waals surface area contributed by atoms with E-state index in [1.54, 1.807) is 13.4 Å². The first kappa shape index (κ1) is 16.0. The van der Waals surface area contributed by atoms with E-state index in [0.717, 1.165) is 12.0 Å². The monoisotopic (exact) mass is 295 g/mol. The molecule has 0 spiro atoms. The minimum atomic E-state index is -0.0666. The molecule has 1 saturated heterocycles. The van der Waals surface area contributed by atoms with E-state index in [1.807, 2.05) is 17.9 Å². The second-order valence-corrected chi connectivity index (χ2v) is 5.78. The number of methoxy groups -OCH3 is 1. The van der Waals surface area contributed by atoms with Crippen LogP contribution in [0.5, 0.6) is 0 Å². The highest BCUT2D eigenvalue weighted by molar-refractivity contribution is 5.93. The molecule has 2 atom stereocenters. The Hall–Kier alpha value is -1.33. The number of rotatable bonds is 6. The van der Waals surface area contributed by atoms with Crippen molar-refractivity contribution in [2.75, 3.05) is 26.9 Å². The summed E-state index contributed by atoms with van der Waals surface area (Å²) in [4.78, 5) is 14.7. The smallest absolute Gasteiger partial charge is 0.290 e. The summed E-state index contributed by atoms with van der Waals surface area (Å²) in [5.41, 5.74) is 0.953. The predicted octanol–water partition coefficient (Wildman–Crippen LogP) is 2.67. The highest BCUT2D eigenvalue weighted by Crippen LogP contribution is 2.26. The lowest BCUT2D eigenvalue weighted by molar-refractivity contribution is 0.0399. The van der Waals surface area contributed by atoms with Crippen molar-refractivity contribution in [3.63, 3.8) is 0 Å². The van der Waals surface area contributed by atoms with Gasteiger partial charge in [-0.1, -0.05) is 13.8 Å². The molecule has 0 aliphatic carbocycles. The number of ether oxygens (including phenoxy) is 2. The van der Waals surface area contributed by atoms with Crippen LogP contribution in [0.25, 0.3) is 0 Å². The topological polar surface area (TPSA) is 51.9 Å². The van der Waals surface area contributed by atoms with Gasteiger partial charge in [0.05, 0.1) is 25.0 Å². The summed E-state index contributed by atoms with van der Waals surface area (Å²) in [5.74, 6) is 0.632. The fourth-order valence-corrected chi connectivity index (χ4v) is 2.82. The molecule has 1 aliphatic rings. The maximum atomic E-state index is 12.9. The van der Waals surface area contributed by atoms with Crippen molar-refractivity contribution in [1.82, 2.24) is 4.90 Å². The number of amides is 1. The van der Waals surface area contributed by atoms with Crippen LogP contribution in [0.4, 0.5) is 0 Å². The van der Waals surface area contributed by atoms with Crippen LogP contribution in [-0.4, -0.2) is 49.8 Å². The number of carbonyl (C=O) groups excluding carboxylic acids is 1. The molecule has 0 unspecified atom stereocenters. The summed E-state index contributed by atoms with van der Waals surface area (Å²) in [7, 11) is 1.64. The zero-order chi connectivity index (χ0) is 15.4. The summed E-state index contributed by atoms with van der Waals surface area (Å²) < 4.78 is 16.2. The average molecular weight is 295 g/mol. The zero-order valence-corrected chi connectivity index (χ0v) is 13.3. The Labute approximate surface area is 126 Å². The van der Waals surface area contributed by atoms with Crippen LogP contribution in [0.1, 0.15) is 49.2 Å². The number of hydrogen-bond donors (Lipinski definition) is 0. The quantitative estimate of drug-likeness (QED) is 0.809. The van der Waals surface area contributed by atoms with E-state index in [4.69, 9.17) is 13.9 Å². The molecule has 1 fully saturated rings. The standard InChI is InChI=1S/C16H25NO4/c1-11(2)13-5-8-21-15(13)16(18)17(7-10-19-4)14-6-9-20-12(14)3/h5,8,11-12,14H,6-7,9-10H2,1-4H3/t12-,14+/m1/s1. The van der Waals surface area contributed by atoms with Crippen LogP contribution >= 0.6 is 0 Å². The first-order chi connectivity index (χ1) is 10.1. The number of carbonyl (C=O) groups is 1. The van der Waals surface area contributed by atoms with Gasteiger partial charge < -0.3 is 18.8 Å². The highest BCUT2D eigenvalue weighted by Gasteiger charge is 2.35. The predicted molar refractivity (Wildman–Crippen MR) is 79.5 cm³/mol. The summed E-state index contributed by atoms with van der Waals surface area (Å²) in [5, 5.41) is 0. The fourth-order valence-electron chi connectivity index (χ4n) is 2.82. The van der Waals surface area contributed by atoms with Gasteiger partial charge in [-0.25, -0.2) is 0 Å². The third kappa shape index (κ3) is 3.47. The van der Waals surface area contributed by atoms with E-state index in [9.17, 15) is 4.79 Å². The second kappa shape index (κ2) is 7.09. The molecule has 0 aromatic carbocycles. The van der Waals surface area contributed by atoms with E-state index in [-0.39, 0.29) is 24.0 Å². The minimum Gasteiger partial charge on any atom is -0.459 e. The molecular formula is C16H25NO4. The normalized spacial score (nSPS) is 22.0. The van der Waals surface area contributed by atoms with E-state index < -0.39 is 0 Å². The van der Waals surface area contributed by atoms with Gasteiger partial charge in [-0.3, -0.25) is 4.79 Å². The van der Waals surface area contributed by atoms with Crippen LogP contribution in [0.15, 0.2) is 16.7 Å². The largest absolute Gasteiger partial charge is 0.459 e. The van der Waals surface area contributed by atoms with Crippen LogP contribution in [0.2, 0.25) is 0 Å².